The highest BCUT2D eigenvalue weighted by Crippen LogP contribution is 2.64. The van der Waals surface area contributed by atoms with Crippen molar-refractivity contribution in [3.8, 4) is 11.5 Å². The smallest absolute Gasteiger partial charge is 0.233 e. The van der Waals surface area contributed by atoms with Gasteiger partial charge in [0, 0.05) is 23.5 Å². The summed E-state index contributed by atoms with van der Waals surface area (Å²) in [6.45, 7) is 2.17. The monoisotopic (exact) mass is 655 g/mol. The van der Waals surface area contributed by atoms with Crippen LogP contribution in [0.2, 0.25) is 0 Å². The first-order valence-electron chi connectivity index (χ1n) is 17.8. The Morgan fingerprint density at radius 1 is 0.857 bits per heavy atom. The van der Waals surface area contributed by atoms with Gasteiger partial charge in [0.25, 0.3) is 0 Å². The maximum absolute atomic E-state index is 15.2. The number of carbonyl (C=O) groups is 4. The van der Waals surface area contributed by atoms with E-state index in [-0.39, 0.29) is 41.6 Å². The first kappa shape index (κ1) is 31.5. The van der Waals surface area contributed by atoms with Crippen molar-refractivity contribution in [2.45, 2.75) is 69.2 Å². The lowest BCUT2D eigenvalue weighted by atomic mass is 9.44. The van der Waals surface area contributed by atoms with Gasteiger partial charge in [-0.25, -0.2) is 0 Å². The number of carbonyl (C=O) groups excluding carboxylic acids is 4. The highest BCUT2D eigenvalue weighted by molar-refractivity contribution is 6.31. The van der Waals surface area contributed by atoms with E-state index in [9.17, 15) is 14.7 Å². The van der Waals surface area contributed by atoms with Crippen LogP contribution in [0.3, 0.4) is 0 Å². The molecule has 1 N–H and O–H groups in total. The van der Waals surface area contributed by atoms with Crippen LogP contribution in [-0.2, 0) is 24.6 Å². The molecule has 7 nitrogen and oxygen atoms in total. The molecule has 0 bridgehead atoms. The molecule has 4 aliphatic carbocycles. The minimum absolute atomic E-state index is 0.0158. The van der Waals surface area contributed by atoms with Gasteiger partial charge >= 0.3 is 0 Å². The normalized spacial score (nSPS) is 29.9. The molecule has 6 unspecified atom stereocenters. The molecule has 1 aliphatic heterocycles. The van der Waals surface area contributed by atoms with Crippen molar-refractivity contribution >= 4 is 29.0 Å². The number of phenols is 1. The third kappa shape index (κ3) is 4.76. The van der Waals surface area contributed by atoms with E-state index >= 15 is 9.59 Å². The number of benzene rings is 3. The van der Waals surface area contributed by atoms with Gasteiger partial charge in [0.1, 0.15) is 0 Å². The summed E-state index contributed by atoms with van der Waals surface area (Å²) in [6, 6.07) is 23.9. The predicted molar refractivity (Wildman–Crippen MR) is 185 cm³/mol. The first-order chi connectivity index (χ1) is 23.9. The molecule has 49 heavy (non-hydrogen) atoms. The van der Waals surface area contributed by atoms with Crippen LogP contribution in [0.1, 0.15) is 74.5 Å². The number of ketones is 2. The predicted octanol–water partition coefficient (Wildman–Crippen LogP) is 6.95. The summed E-state index contributed by atoms with van der Waals surface area (Å²) in [5.41, 5.74) is 2.11. The Morgan fingerprint density at radius 3 is 2.29 bits per heavy atom. The van der Waals surface area contributed by atoms with Crippen molar-refractivity contribution < 1.29 is 29.0 Å². The number of Topliss-reactive ketones (excluding diaryl/α,β-unsaturated/α-hetero) is 1. The van der Waals surface area contributed by atoms with Gasteiger partial charge in [-0.2, -0.15) is 0 Å². The van der Waals surface area contributed by atoms with Gasteiger partial charge in [-0.1, -0.05) is 97.6 Å². The Hall–Kier alpha value is -4.78. The van der Waals surface area contributed by atoms with Crippen LogP contribution in [0.25, 0.3) is 5.57 Å². The SMILES string of the molecule is CCOc1cc(C2C3=CCC4C(=O)N(C5CCCCC5)C(=O)C4C3CC3C(=O)C(c4ccccc4)=CC(=O)C32c2ccccc2)ccc1O. The molecule has 8 rings (SSSR count). The van der Waals surface area contributed by atoms with Gasteiger partial charge in [0.2, 0.25) is 11.8 Å². The lowest BCUT2D eigenvalue weighted by Gasteiger charge is -2.55. The zero-order chi connectivity index (χ0) is 33.9. The first-order valence-corrected chi connectivity index (χ1v) is 17.8. The fourth-order valence-corrected chi connectivity index (χ4v) is 9.95. The van der Waals surface area contributed by atoms with Crippen molar-refractivity contribution in [1.82, 2.24) is 4.90 Å². The van der Waals surface area contributed by atoms with E-state index in [1.54, 1.807) is 17.0 Å². The van der Waals surface area contributed by atoms with Gasteiger partial charge in [-0.3, -0.25) is 24.1 Å². The third-order valence-corrected chi connectivity index (χ3v) is 12.0. The van der Waals surface area contributed by atoms with E-state index in [2.05, 4.69) is 6.08 Å². The number of fused-ring (bicyclic) bond motifs is 4. The molecule has 3 aromatic carbocycles. The molecule has 1 heterocycles. The lowest BCUT2D eigenvalue weighted by molar-refractivity contribution is -0.144. The van der Waals surface area contributed by atoms with Gasteiger partial charge in [-0.15, -0.1) is 0 Å². The van der Waals surface area contributed by atoms with Crippen LogP contribution in [0.5, 0.6) is 11.5 Å². The van der Waals surface area contributed by atoms with E-state index in [0.29, 0.717) is 29.9 Å². The van der Waals surface area contributed by atoms with Gasteiger partial charge in [0.05, 0.1) is 23.9 Å². The number of allylic oxidation sites excluding steroid dienone is 4. The average Bonchev–Trinajstić information content (AvgIpc) is 3.40. The summed E-state index contributed by atoms with van der Waals surface area (Å²) in [4.78, 5) is 60.4. The number of nitrogens with zero attached hydrogens (tertiary/aromatic N) is 1. The number of hydrogen-bond donors (Lipinski definition) is 1. The number of phenolic OH excluding ortho intramolecular Hbond substituents is 1. The van der Waals surface area contributed by atoms with Crippen LogP contribution in [0.15, 0.2) is 96.6 Å². The maximum Gasteiger partial charge on any atom is 0.233 e. The Labute approximate surface area is 286 Å². The molecule has 5 aliphatic rings. The Kier molecular flexibility index (Phi) is 7.89. The lowest BCUT2D eigenvalue weighted by Crippen LogP contribution is -2.58. The van der Waals surface area contributed by atoms with Crippen LogP contribution in [-0.4, -0.2) is 46.0 Å². The molecule has 250 valence electrons. The standard InChI is InChI=1S/C42H41NO6/c1-2-49-35-22-26(18-21-34(35)44)38-29-19-20-30-37(41(48)43(40(30)47)28-16-10-5-11-17-28)32(29)23-33-39(46)31(25-12-6-3-7-13-25)24-36(45)42(33,38)27-14-8-4-9-15-27/h3-4,6-9,12-15,18-19,21-22,24,28,30,32-33,37-38,44H,2,5,10-11,16-17,20,23H2,1H3. The van der Waals surface area contributed by atoms with E-state index in [4.69, 9.17) is 4.74 Å². The van der Waals surface area contributed by atoms with Crippen molar-refractivity contribution in [2.24, 2.45) is 23.7 Å². The van der Waals surface area contributed by atoms with Crippen molar-refractivity contribution in [2.75, 3.05) is 6.61 Å². The fourth-order valence-electron chi connectivity index (χ4n) is 9.95. The molecule has 3 fully saturated rings. The molecule has 3 aromatic rings. The fraction of sp³-hybridized carbons (Fsp3) is 0.381. The summed E-state index contributed by atoms with van der Waals surface area (Å²) in [5.74, 6) is -3.17. The van der Waals surface area contributed by atoms with E-state index < -0.39 is 35.0 Å². The van der Waals surface area contributed by atoms with Crippen molar-refractivity contribution in [3.63, 3.8) is 0 Å². The van der Waals surface area contributed by atoms with Crippen LogP contribution >= 0.6 is 0 Å². The van der Waals surface area contributed by atoms with Gasteiger partial charge < -0.3 is 9.84 Å². The maximum atomic E-state index is 15.2. The van der Waals surface area contributed by atoms with Crippen LogP contribution in [0, 0.1) is 23.7 Å². The van der Waals surface area contributed by atoms with Crippen LogP contribution < -0.4 is 4.74 Å². The zero-order valence-corrected chi connectivity index (χ0v) is 27.7. The second-order valence-corrected chi connectivity index (χ2v) is 14.3. The number of ether oxygens (including phenoxy) is 1. The summed E-state index contributed by atoms with van der Waals surface area (Å²) in [6.07, 6.45) is 9.08. The quantitative estimate of drug-likeness (QED) is 0.228. The highest BCUT2D eigenvalue weighted by Gasteiger charge is 2.66. The summed E-state index contributed by atoms with van der Waals surface area (Å²) >= 11 is 0. The third-order valence-electron chi connectivity index (χ3n) is 12.0. The summed E-state index contributed by atoms with van der Waals surface area (Å²) < 4.78 is 5.84. The van der Waals surface area contributed by atoms with Gasteiger partial charge in [0.15, 0.2) is 23.1 Å². The summed E-state index contributed by atoms with van der Waals surface area (Å²) in [5, 5.41) is 10.7. The minimum Gasteiger partial charge on any atom is -0.504 e. The molecular formula is C42H41NO6. The Balaban J connectivity index is 1.35. The molecule has 0 spiro atoms. The van der Waals surface area contributed by atoms with E-state index in [0.717, 1.165) is 48.8 Å². The topological polar surface area (TPSA) is 101 Å². The molecule has 2 amide bonds. The largest absolute Gasteiger partial charge is 0.504 e. The van der Waals surface area contributed by atoms with Crippen molar-refractivity contribution in [3.05, 3.63) is 113 Å². The molecule has 0 radical (unpaired) electrons. The van der Waals surface area contributed by atoms with E-state index in [1.165, 1.54) is 6.08 Å². The zero-order valence-electron chi connectivity index (χ0n) is 27.7. The number of rotatable bonds is 6. The molecular weight excluding hydrogens is 614 g/mol. The number of amides is 2. The Morgan fingerprint density at radius 2 is 1.57 bits per heavy atom. The molecule has 2 saturated carbocycles. The van der Waals surface area contributed by atoms with E-state index in [1.807, 2.05) is 73.7 Å². The molecule has 7 heteroatoms. The second-order valence-electron chi connectivity index (χ2n) is 14.3. The number of likely N-dealkylation sites (tertiary alicyclic amines) is 1. The second kappa shape index (κ2) is 12.3. The number of aromatic hydroxyl groups is 1. The number of hydrogen-bond acceptors (Lipinski definition) is 6. The minimum atomic E-state index is -1.32. The summed E-state index contributed by atoms with van der Waals surface area (Å²) in [7, 11) is 0. The molecule has 6 atom stereocenters. The van der Waals surface area contributed by atoms with Crippen LogP contribution in [0.4, 0.5) is 0 Å². The average molecular weight is 656 g/mol. The molecule has 1 saturated heterocycles. The Bertz CT molecular complexity index is 1890. The van der Waals surface area contributed by atoms with Gasteiger partial charge in [-0.05, 0) is 73.4 Å². The van der Waals surface area contributed by atoms with Crippen molar-refractivity contribution in [1.29, 1.82) is 0 Å². The highest BCUT2D eigenvalue weighted by atomic mass is 16.5. The number of imide groups is 1. The molecule has 0 aromatic heterocycles.